The molecule has 1 aromatic carbocycles. The predicted octanol–water partition coefficient (Wildman–Crippen LogP) is 2.68. The van der Waals surface area contributed by atoms with E-state index in [0.717, 1.165) is 12.5 Å². The fraction of sp³-hybridized carbons (Fsp3) is 0.600. The van der Waals surface area contributed by atoms with Crippen molar-refractivity contribution in [3.63, 3.8) is 0 Å². The number of hydrogen-bond acceptors (Lipinski definition) is 2. The fourth-order valence-corrected chi connectivity index (χ4v) is 2.67. The minimum Gasteiger partial charge on any atom is -0.317 e. The lowest BCUT2D eigenvalue weighted by atomic mass is 10.1. The molecule has 0 spiro atoms. The second kappa shape index (κ2) is 6.18. The van der Waals surface area contributed by atoms with Crippen LogP contribution in [0.25, 0.3) is 0 Å². The van der Waals surface area contributed by atoms with Crippen molar-refractivity contribution in [2.75, 3.05) is 26.2 Å². The number of likely N-dealkylation sites (tertiary alicyclic amines) is 1. The van der Waals surface area contributed by atoms with Crippen LogP contribution in [-0.2, 0) is 0 Å². The maximum Gasteiger partial charge on any atom is 0.0320 e. The summed E-state index contributed by atoms with van der Waals surface area (Å²) >= 11 is 0. The molecule has 0 aliphatic carbocycles. The van der Waals surface area contributed by atoms with E-state index in [1.165, 1.54) is 31.6 Å². The molecule has 1 N–H and O–H groups in total. The van der Waals surface area contributed by atoms with Crippen LogP contribution in [0.4, 0.5) is 0 Å². The molecule has 0 unspecified atom stereocenters. The normalized spacial score (nSPS) is 22.8. The molecule has 1 aliphatic rings. The Morgan fingerprint density at radius 3 is 2.82 bits per heavy atom. The summed E-state index contributed by atoms with van der Waals surface area (Å²) in [5.74, 6) is 0.834. The number of nitrogens with zero attached hydrogens (tertiary/aromatic N) is 1. The van der Waals surface area contributed by atoms with E-state index in [4.69, 9.17) is 0 Å². The molecule has 2 nitrogen and oxygen atoms in total. The highest BCUT2D eigenvalue weighted by Gasteiger charge is 2.26. The van der Waals surface area contributed by atoms with Crippen molar-refractivity contribution < 1.29 is 0 Å². The summed E-state index contributed by atoms with van der Waals surface area (Å²) in [5.41, 5.74) is 1.44. The second-order valence-corrected chi connectivity index (χ2v) is 5.04. The molecule has 1 heterocycles. The Labute approximate surface area is 105 Å². The first kappa shape index (κ1) is 12.6. The van der Waals surface area contributed by atoms with E-state index in [9.17, 15) is 0 Å². The van der Waals surface area contributed by atoms with Gasteiger partial charge in [-0.25, -0.2) is 0 Å². The van der Waals surface area contributed by atoms with Crippen molar-refractivity contribution in [2.45, 2.75) is 26.3 Å². The Morgan fingerprint density at radius 1 is 1.35 bits per heavy atom. The second-order valence-electron chi connectivity index (χ2n) is 5.04. The number of rotatable bonds is 5. The molecule has 0 aromatic heterocycles. The molecule has 2 rings (SSSR count). The van der Waals surface area contributed by atoms with Crippen molar-refractivity contribution in [1.29, 1.82) is 0 Å². The number of nitrogens with one attached hydrogen (secondary N) is 1. The highest BCUT2D eigenvalue weighted by molar-refractivity contribution is 5.18. The molecule has 2 atom stereocenters. The maximum absolute atomic E-state index is 3.46. The highest BCUT2D eigenvalue weighted by atomic mass is 15.2. The largest absolute Gasteiger partial charge is 0.317 e. The lowest BCUT2D eigenvalue weighted by molar-refractivity contribution is 0.252. The number of hydrogen-bond donors (Lipinski definition) is 1. The van der Waals surface area contributed by atoms with Crippen molar-refractivity contribution in [1.82, 2.24) is 10.2 Å². The number of benzene rings is 1. The maximum atomic E-state index is 3.46. The van der Waals surface area contributed by atoms with Gasteiger partial charge in [0.15, 0.2) is 0 Å². The van der Waals surface area contributed by atoms with Gasteiger partial charge in [-0.3, -0.25) is 4.90 Å². The first-order valence-electron chi connectivity index (χ1n) is 6.81. The Balaban J connectivity index is 1.88. The minimum absolute atomic E-state index is 0.558. The third kappa shape index (κ3) is 3.30. The molecule has 17 heavy (non-hydrogen) atoms. The summed E-state index contributed by atoms with van der Waals surface area (Å²) in [6.07, 6.45) is 1.34. The van der Waals surface area contributed by atoms with E-state index < -0.39 is 0 Å². The van der Waals surface area contributed by atoms with E-state index in [0.29, 0.717) is 6.04 Å². The summed E-state index contributed by atoms with van der Waals surface area (Å²) in [6.45, 7) is 9.25. The standard InChI is InChI=1S/C15H24N2/c1-3-16-11-14-9-10-17(12-14)13(2)15-7-5-4-6-8-15/h4-8,13-14,16H,3,9-12H2,1-2H3/t13-,14+/m0/s1. The molecule has 1 fully saturated rings. The quantitative estimate of drug-likeness (QED) is 0.839. The Bertz CT molecular complexity index is 323. The van der Waals surface area contributed by atoms with Crippen molar-refractivity contribution in [3.8, 4) is 0 Å². The average Bonchev–Trinajstić information content (AvgIpc) is 2.85. The zero-order valence-electron chi connectivity index (χ0n) is 11.0. The van der Waals surface area contributed by atoms with E-state index >= 15 is 0 Å². The van der Waals surface area contributed by atoms with Crippen LogP contribution < -0.4 is 5.32 Å². The highest BCUT2D eigenvalue weighted by Crippen LogP contribution is 2.26. The third-order valence-corrected chi connectivity index (χ3v) is 3.83. The van der Waals surface area contributed by atoms with Gasteiger partial charge in [-0.15, -0.1) is 0 Å². The van der Waals surface area contributed by atoms with E-state index in [2.05, 4.69) is 54.4 Å². The van der Waals surface area contributed by atoms with Gasteiger partial charge in [0.25, 0.3) is 0 Å². The minimum atomic E-state index is 0.558. The van der Waals surface area contributed by atoms with Crippen LogP contribution >= 0.6 is 0 Å². The fourth-order valence-electron chi connectivity index (χ4n) is 2.67. The van der Waals surface area contributed by atoms with Gasteiger partial charge < -0.3 is 5.32 Å². The molecule has 0 amide bonds. The summed E-state index contributed by atoms with van der Waals surface area (Å²) in [6, 6.07) is 11.4. The molecule has 1 saturated heterocycles. The molecule has 1 aromatic rings. The molecule has 0 radical (unpaired) electrons. The predicted molar refractivity (Wildman–Crippen MR) is 73.1 cm³/mol. The van der Waals surface area contributed by atoms with E-state index in [-0.39, 0.29) is 0 Å². The smallest absolute Gasteiger partial charge is 0.0320 e. The van der Waals surface area contributed by atoms with Crippen LogP contribution in [0.2, 0.25) is 0 Å². The van der Waals surface area contributed by atoms with Crippen LogP contribution in [0.15, 0.2) is 30.3 Å². The van der Waals surface area contributed by atoms with Gasteiger partial charge in [-0.1, -0.05) is 37.3 Å². The Hall–Kier alpha value is -0.860. The van der Waals surface area contributed by atoms with Crippen LogP contribution in [0, 0.1) is 5.92 Å². The lowest BCUT2D eigenvalue weighted by Gasteiger charge is -2.24. The van der Waals surface area contributed by atoms with Crippen LogP contribution in [0.5, 0.6) is 0 Å². The topological polar surface area (TPSA) is 15.3 Å². The first-order chi connectivity index (χ1) is 8.31. The first-order valence-corrected chi connectivity index (χ1v) is 6.81. The Morgan fingerprint density at radius 2 is 2.12 bits per heavy atom. The van der Waals surface area contributed by atoms with Gasteiger partial charge in [0, 0.05) is 12.6 Å². The summed E-state index contributed by atoms with van der Waals surface area (Å²) in [7, 11) is 0. The third-order valence-electron chi connectivity index (χ3n) is 3.83. The van der Waals surface area contributed by atoms with E-state index in [1.807, 2.05) is 0 Å². The van der Waals surface area contributed by atoms with Gasteiger partial charge in [-0.2, -0.15) is 0 Å². The molecule has 0 bridgehead atoms. The van der Waals surface area contributed by atoms with Gasteiger partial charge in [0.1, 0.15) is 0 Å². The van der Waals surface area contributed by atoms with Crippen LogP contribution in [-0.4, -0.2) is 31.1 Å². The van der Waals surface area contributed by atoms with Gasteiger partial charge in [0.05, 0.1) is 0 Å². The molecule has 0 saturated carbocycles. The van der Waals surface area contributed by atoms with Crippen LogP contribution in [0.3, 0.4) is 0 Å². The lowest BCUT2D eigenvalue weighted by Crippen LogP contribution is -2.28. The van der Waals surface area contributed by atoms with Gasteiger partial charge >= 0.3 is 0 Å². The molecular weight excluding hydrogens is 208 g/mol. The van der Waals surface area contributed by atoms with Crippen molar-refractivity contribution in [3.05, 3.63) is 35.9 Å². The van der Waals surface area contributed by atoms with Crippen molar-refractivity contribution >= 4 is 0 Å². The van der Waals surface area contributed by atoms with Gasteiger partial charge in [0.2, 0.25) is 0 Å². The molecule has 1 aliphatic heterocycles. The van der Waals surface area contributed by atoms with E-state index in [1.54, 1.807) is 0 Å². The summed E-state index contributed by atoms with van der Waals surface area (Å²) < 4.78 is 0. The molecule has 94 valence electrons. The zero-order chi connectivity index (χ0) is 12.1. The van der Waals surface area contributed by atoms with Crippen molar-refractivity contribution in [2.24, 2.45) is 5.92 Å². The van der Waals surface area contributed by atoms with Crippen LogP contribution in [0.1, 0.15) is 31.9 Å². The summed E-state index contributed by atoms with van der Waals surface area (Å²) in [5, 5.41) is 3.46. The zero-order valence-corrected chi connectivity index (χ0v) is 11.0. The SMILES string of the molecule is CCNC[C@H]1CCN([C@@H](C)c2ccccc2)C1. The average molecular weight is 232 g/mol. The molecule has 2 heteroatoms. The van der Waals surface area contributed by atoms with Gasteiger partial charge in [-0.05, 0) is 44.5 Å². The monoisotopic (exact) mass is 232 g/mol. The summed E-state index contributed by atoms with van der Waals surface area (Å²) in [4.78, 5) is 2.61. The Kier molecular flexibility index (Phi) is 4.57. The molecular formula is C15H24N2.